The van der Waals surface area contributed by atoms with Crippen molar-refractivity contribution in [3.05, 3.63) is 29.8 Å². The molecule has 34 heavy (non-hydrogen) atoms. The van der Waals surface area contributed by atoms with Gasteiger partial charge in [0.2, 0.25) is 0 Å². The third kappa shape index (κ3) is 8.75. The van der Waals surface area contributed by atoms with Crippen molar-refractivity contribution >= 4 is 11.6 Å². The number of ether oxygens (including phenoxy) is 2. The van der Waals surface area contributed by atoms with E-state index in [9.17, 15) is 33.4 Å². The molecule has 1 fully saturated rings. The molecule has 0 heterocycles. The lowest BCUT2D eigenvalue weighted by Crippen LogP contribution is -2.25. The Morgan fingerprint density at radius 1 is 1.26 bits per heavy atom. The van der Waals surface area contributed by atoms with Crippen LogP contribution in [-0.2, 0) is 15.7 Å². The van der Waals surface area contributed by atoms with E-state index in [1.165, 1.54) is 17.6 Å². The molecule has 192 valence electrons. The summed E-state index contributed by atoms with van der Waals surface area (Å²) < 4.78 is 48.8. The molecule has 0 radical (unpaired) electrons. The van der Waals surface area contributed by atoms with Gasteiger partial charge in [0.15, 0.2) is 0 Å². The fourth-order valence-electron chi connectivity index (χ4n) is 4.11. The number of halogens is 3. The van der Waals surface area contributed by atoms with Gasteiger partial charge in [0.25, 0.3) is 5.91 Å². The Morgan fingerprint density at radius 2 is 2.03 bits per heavy atom. The number of aliphatic hydroxyl groups is 2. The lowest BCUT2D eigenvalue weighted by molar-refractivity contribution is -0.137. The van der Waals surface area contributed by atoms with Crippen LogP contribution in [0.4, 0.5) is 13.2 Å². The second kappa shape index (κ2) is 13.5. The fourth-order valence-corrected chi connectivity index (χ4v) is 4.11. The van der Waals surface area contributed by atoms with Crippen molar-refractivity contribution in [2.45, 2.75) is 56.9 Å². The van der Waals surface area contributed by atoms with Gasteiger partial charge in [-0.2, -0.15) is 13.2 Å². The molecule has 12 heteroatoms. The average Bonchev–Trinajstić information content (AvgIpc) is 3.12. The number of nitrogens with zero attached hydrogens (tertiary/aromatic N) is 1. The SMILES string of the molecule is O=C(COCCCC[C@H]1[C@@H](O)C/C(=N/O)[C@@H]1CC[C@@H](O)COc1cccc(C(F)(F)F)c1)NO. The smallest absolute Gasteiger partial charge is 0.416 e. The van der Waals surface area contributed by atoms with Crippen LogP contribution in [0.3, 0.4) is 0 Å². The summed E-state index contributed by atoms with van der Waals surface area (Å²) in [5.74, 6) is -1.10. The van der Waals surface area contributed by atoms with Gasteiger partial charge in [0.05, 0.1) is 23.5 Å². The van der Waals surface area contributed by atoms with Gasteiger partial charge >= 0.3 is 6.18 Å². The normalized spacial score (nSPS) is 22.6. The van der Waals surface area contributed by atoms with Gasteiger partial charge in [0.1, 0.15) is 19.0 Å². The van der Waals surface area contributed by atoms with Crippen molar-refractivity contribution in [2.75, 3.05) is 19.8 Å². The molecule has 0 aromatic heterocycles. The van der Waals surface area contributed by atoms with E-state index in [1.54, 1.807) is 0 Å². The molecule has 0 spiro atoms. The Bertz CT molecular complexity index is 807. The second-order valence-electron chi connectivity index (χ2n) is 8.28. The summed E-state index contributed by atoms with van der Waals surface area (Å²) in [5.41, 5.74) is 1.07. The van der Waals surface area contributed by atoms with Gasteiger partial charge in [-0.15, -0.1) is 0 Å². The topological polar surface area (TPSA) is 141 Å². The van der Waals surface area contributed by atoms with Gasteiger partial charge in [-0.1, -0.05) is 17.6 Å². The Balaban J connectivity index is 1.80. The monoisotopic (exact) mass is 492 g/mol. The first-order valence-electron chi connectivity index (χ1n) is 11.0. The largest absolute Gasteiger partial charge is 0.491 e. The van der Waals surface area contributed by atoms with Gasteiger partial charge in [-0.05, 0) is 49.8 Å². The molecule has 1 saturated carbocycles. The summed E-state index contributed by atoms with van der Waals surface area (Å²) in [4.78, 5) is 10.9. The maximum atomic E-state index is 12.8. The average molecular weight is 492 g/mol. The first kappa shape index (κ1) is 27.8. The number of carbonyl (C=O) groups is 1. The molecule has 0 saturated heterocycles. The summed E-state index contributed by atoms with van der Waals surface area (Å²) in [5, 5.41) is 41.7. The molecule has 0 unspecified atom stereocenters. The molecule has 5 N–H and O–H groups in total. The van der Waals surface area contributed by atoms with Gasteiger partial charge in [-0.3, -0.25) is 10.0 Å². The molecule has 0 aliphatic heterocycles. The molecule has 1 aromatic carbocycles. The number of aliphatic hydroxyl groups excluding tert-OH is 2. The second-order valence-corrected chi connectivity index (χ2v) is 8.28. The Labute approximate surface area is 195 Å². The molecular formula is C22H31F3N2O7. The number of amides is 1. The van der Waals surface area contributed by atoms with Crippen molar-refractivity contribution in [3.8, 4) is 5.75 Å². The molecule has 1 aliphatic carbocycles. The zero-order valence-corrected chi connectivity index (χ0v) is 18.6. The van der Waals surface area contributed by atoms with Crippen LogP contribution in [0.2, 0.25) is 0 Å². The molecule has 9 nitrogen and oxygen atoms in total. The Kier molecular flexibility index (Phi) is 11.0. The number of oxime groups is 1. The maximum absolute atomic E-state index is 12.8. The minimum atomic E-state index is -4.49. The molecule has 1 amide bonds. The number of unbranched alkanes of at least 4 members (excludes halogenated alkanes) is 1. The molecule has 1 aliphatic rings. The lowest BCUT2D eigenvalue weighted by atomic mass is 9.85. The number of rotatable bonds is 13. The predicted molar refractivity (Wildman–Crippen MR) is 114 cm³/mol. The number of benzene rings is 1. The van der Waals surface area contributed by atoms with Crippen LogP contribution in [0.15, 0.2) is 29.4 Å². The maximum Gasteiger partial charge on any atom is 0.416 e. The van der Waals surface area contributed by atoms with E-state index < -0.39 is 29.9 Å². The van der Waals surface area contributed by atoms with Crippen molar-refractivity contribution < 1.29 is 48.1 Å². The lowest BCUT2D eigenvalue weighted by Gasteiger charge is -2.23. The highest BCUT2D eigenvalue weighted by Crippen LogP contribution is 2.37. The summed E-state index contributed by atoms with van der Waals surface area (Å²) in [6.45, 7) is -0.161. The highest BCUT2D eigenvalue weighted by Gasteiger charge is 2.39. The summed E-state index contributed by atoms with van der Waals surface area (Å²) >= 11 is 0. The molecule has 2 rings (SSSR count). The Morgan fingerprint density at radius 3 is 2.71 bits per heavy atom. The van der Waals surface area contributed by atoms with E-state index >= 15 is 0 Å². The van der Waals surface area contributed by atoms with Gasteiger partial charge in [0, 0.05) is 18.9 Å². The third-order valence-electron chi connectivity index (χ3n) is 5.83. The summed E-state index contributed by atoms with van der Waals surface area (Å²) in [6, 6.07) is 4.41. The van der Waals surface area contributed by atoms with E-state index in [4.69, 9.17) is 14.7 Å². The van der Waals surface area contributed by atoms with E-state index in [-0.39, 0.29) is 43.6 Å². The zero-order valence-electron chi connectivity index (χ0n) is 18.6. The minimum Gasteiger partial charge on any atom is -0.491 e. The molecular weight excluding hydrogens is 461 g/mol. The fraction of sp³-hybridized carbons (Fsp3) is 0.636. The molecule has 0 bridgehead atoms. The first-order valence-corrected chi connectivity index (χ1v) is 11.0. The van der Waals surface area contributed by atoms with Crippen LogP contribution in [0.1, 0.15) is 44.1 Å². The van der Waals surface area contributed by atoms with Crippen LogP contribution < -0.4 is 10.2 Å². The van der Waals surface area contributed by atoms with E-state index in [0.717, 1.165) is 12.1 Å². The van der Waals surface area contributed by atoms with Gasteiger partial charge < -0.3 is 24.9 Å². The minimum absolute atomic E-state index is 0.000612. The van der Waals surface area contributed by atoms with Gasteiger partial charge in [-0.25, -0.2) is 5.48 Å². The van der Waals surface area contributed by atoms with E-state index in [1.807, 2.05) is 0 Å². The number of hydrogen-bond acceptors (Lipinski definition) is 8. The van der Waals surface area contributed by atoms with Crippen LogP contribution in [-0.4, -0.2) is 64.3 Å². The summed E-state index contributed by atoms with van der Waals surface area (Å²) in [6.07, 6.45) is -3.38. The quantitative estimate of drug-likeness (QED) is 0.123. The number of hydroxylamine groups is 1. The van der Waals surface area contributed by atoms with Crippen molar-refractivity contribution in [3.63, 3.8) is 0 Å². The van der Waals surface area contributed by atoms with Crippen molar-refractivity contribution in [1.82, 2.24) is 5.48 Å². The molecule has 4 atom stereocenters. The van der Waals surface area contributed by atoms with Crippen molar-refractivity contribution in [2.24, 2.45) is 17.0 Å². The van der Waals surface area contributed by atoms with E-state index in [2.05, 4.69) is 5.16 Å². The van der Waals surface area contributed by atoms with Crippen molar-refractivity contribution in [1.29, 1.82) is 0 Å². The highest BCUT2D eigenvalue weighted by molar-refractivity contribution is 5.89. The highest BCUT2D eigenvalue weighted by atomic mass is 19.4. The van der Waals surface area contributed by atoms with Crippen LogP contribution >= 0.6 is 0 Å². The number of alkyl halides is 3. The summed E-state index contributed by atoms with van der Waals surface area (Å²) in [7, 11) is 0. The zero-order chi connectivity index (χ0) is 25.1. The van der Waals surface area contributed by atoms with Crippen LogP contribution in [0.25, 0.3) is 0 Å². The number of nitrogens with one attached hydrogen (secondary N) is 1. The van der Waals surface area contributed by atoms with Crippen LogP contribution in [0.5, 0.6) is 5.75 Å². The third-order valence-corrected chi connectivity index (χ3v) is 5.83. The van der Waals surface area contributed by atoms with Crippen LogP contribution in [0, 0.1) is 11.8 Å². The number of carbonyl (C=O) groups excluding carboxylic acids is 1. The Hall–Kier alpha value is -2.41. The first-order chi connectivity index (χ1) is 16.2. The predicted octanol–water partition coefficient (Wildman–Crippen LogP) is 2.74. The number of hydrogen-bond donors (Lipinski definition) is 5. The molecule has 1 aromatic rings. The standard InChI is InChI=1S/C22H31F3N2O7/c23-22(24,25)14-4-3-5-16(10-14)34-12-15(28)7-8-17-18(20(29)11-19(17)26-31)6-1-2-9-33-13-21(30)27-32/h3-5,10,15,17-18,20,28-29,31-32H,1-2,6-9,11-13H2,(H,27,30)/b26-19-/t15-,17-,18-,20+/m1/s1. The van der Waals surface area contributed by atoms with E-state index in [0.29, 0.717) is 38.0 Å².